The Hall–Kier alpha value is -0.890. The van der Waals surface area contributed by atoms with Gasteiger partial charge in [-0.25, -0.2) is 0 Å². The van der Waals surface area contributed by atoms with Crippen LogP contribution in [0.2, 0.25) is 0 Å². The smallest absolute Gasteiger partial charge is 0.191 e. The number of guanidine groups is 1. The average Bonchev–Trinajstić information content (AvgIpc) is 3.25. The third-order valence-corrected chi connectivity index (χ3v) is 6.13. The van der Waals surface area contributed by atoms with Gasteiger partial charge in [-0.3, -0.25) is 9.89 Å². The molecule has 0 amide bonds. The maximum atomic E-state index is 5.83. The molecule has 0 aromatic heterocycles. The van der Waals surface area contributed by atoms with Crippen LogP contribution in [0.15, 0.2) is 4.99 Å². The van der Waals surface area contributed by atoms with Crippen LogP contribution in [0.3, 0.4) is 0 Å². The molecular formula is C20H38N4O3. The Bertz CT molecular complexity index is 443. The molecular weight excluding hydrogens is 344 g/mol. The minimum Gasteiger partial charge on any atom is -0.379 e. The van der Waals surface area contributed by atoms with E-state index in [2.05, 4.69) is 20.5 Å². The number of rotatable bonds is 8. The standard InChI is InChI=1S/C20H38N4O3/c1-21-19(22-9-5-12-27-18-6-13-26-16-18)23-17-20(7-3-2-4-8-20)24-10-14-25-15-11-24/h18H,2-17H2,1H3,(H2,21,22,23). The summed E-state index contributed by atoms with van der Waals surface area (Å²) >= 11 is 0. The van der Waals surface area contributed by atoms with Crippen LogP contribution < -0.4 is 10.6 Å². The maximum Gasteiger partial charge on any atom is 0.191 e. The lowest BCUT2D eigenvalue weighted by molar-refractivity contribution is -0.0352. The normalized spacial score (nSPS) is 26.9. The monoisotopic (exact) mass is 382 g/mol. The van der Waals surface area contributed by atoms with E-state index in [1.807, 2.05) is 7.05 Å². The molecule has 1 atom stereocenters. The summed E-state index contributed by atoms with van der Waals surface area (Å²) in [7, 11) is 1.85. The second-order valence-corrected chi connectivity index (χ2v) is 7.95. The molecule has 2 heterocycles. The summed E-state index contributed by atoms with van der Waals surface area (Å²) in [5.74, 6) is 0.900. The number of morpholine rings is 1. The van der Waals surface area contributed by atoms with E-state index in [1.165, 1.54) is 32.1 Å². The molecule has 2 N–H and O–H groups in total. The van der Waals surface area contributed by atoms with Gasteiger partial charge in [0.1, 0.15) is 0 Å². The average molecular weight is 383 g/mol. The van der Waals surface area contributed by atoms with E-state index in [1.54, 1.807) is 0 Å². The molecule has 3 rings (SSSR count). The summed E-state index contributed by atoms with van der Waals surface area (Å²) in [4.78, 5) is 7.07. The Balaban J connectivity index is 1.39. The minimum absolute atomic E-state index is 0.255. The molecule has 0 aromatic carbocycles. The summed E-state index contributed by atoms with van der Waals surface area (Å²) in [5, 5.41) is 7.04. The van der Waals surface area contributed by atoms with Crippen LogP contribution >= 0.6 is 0 Å². The van der Waals surface area contributed by atoms with Crippen LogP contribution in [0.25, 0.3) is 0 Å². The highest BCUT2D eigenvalue weighted by molar-refractivity contribution is 5.79. The third-order valence-electron chi connectivity index (χ3n) is 6.13. The fourth-order valence-electron chi connectivity index (χ4n) is 4.49. The molecule has 1 aliphatic carbocycles. The molecule has 0 bridgehead atoms. The van der Waals surface area contributed by atoms with Gasteiger partial charge in [-0.05, 0) is 25.7 Å². The second-order valence-electron chi connectivity index (χ2n) is 7.95. The van der Waals surface area contributed by atoms with Gasteiger partial charge >= 0.3 is 0 Å². The van der Waals surface area contributed by atoms with Gasteiger partial charge in [0.25, 0.3) is 0 Å². The highest BCUT2D eigenvalue weighted by Gasteiger charge is 2.38. The SMILES string of the molecule is CN=C(NCCCOC1CCOC1)NCC1(N2CCOCC2)CCCCC1. The molecule has 2 saturated heterocycles. The van der Waals surface area contributed by atoms with Crippen LogP contribution in [0.5, 0.6) is 0 Å². The quantitative estimate of drug-likeness (QED) is 0.376. The lowest BCUT2D eigenvalue weighted by Crippen LogP contribution is -2.60. The minimum atomic E-state index is 0.255. The highest BCUT2D eigenvalue weighted by Crippen LogP contribution is 2.33. The zero-order chi connectivity index (χ0) is 18.8. The van der Waals surface area contributed by atoms with Crippen molar-refractivity contribution in [1.82, 2.24) is 15.5 Å². The Labute approximate surface area is 164 Å². The molecule has 1 saturated carbocycles. The van der Waals surface area contributed by atoms with Gasteiger partial charge in [-0.2, -0.15) is 0 Å². The van der Waals surface area contributed by atoms with Crippen molar-refractivity contribution in [2.24, 2.45) is 4.99 Å². The molecule has 3 fully saturated rings. The summed E-state index contributed by atoms with van der Waals surface area (Å²) in [6, 6.07) is 0. The van der Waals surface area contributed by atoms with Crippen molar-refractivity contribution in [3.05, 3.63) is 0 Å². The molecule has 3 aliphatic rings. The van der Waals surface area contributed by atoms with E-state index in [9.17, 15) is 0 Å². The van der Waals surface area contributed by atoms with Crippen molar-refractivity contribution in [2.45, 2.75) is 56.6 Å². The molecule has 0 spiro atoms. The Kier molecular flexibility index (Phi) is 8.64. The summed E-state index contributed by atoms with van der Waals surface area (Å²) in [6.45, 7) is 8.02. The van der Waals surface area contributed by atoms with E-state index >= 15 is 0 Å². The van der Waals surface area contributed by atoms with Crippen molar-refractivity contribution in [2.75, 3.05) is 66.3 Å². The second kappa shape index (κ2) is 11.2. The van der Waals surface area contributed by atoms with Gasteiger partial charge in [0.05, 0.1) is 25.9 Å². The van der Waals surface area contributed by atoms with Crippen LogP contribution in [-0.4, -0.2) is 88.8 Å². The molecule has 0 aromatic rings. The van der Waals surface area contributed by atoms with Gasteiger partial charge < -0.3 is 24.8 Å². The Morgan fingerprint density at radius 1 is 1.11 bits per heavy atom. The highest BCUT2D eigenvalue weighted by atomic mass is 16.5. The van der Waals surface area contributed by atoms with Crippen molar-refractivity contribution >= 4 is 5.96 Å². The first-order chi connectivity index (χ1) is 13.3. The molecule has 7 heteroatoms. The number of aliphatic imine (C=N–C) groups is 1. The summed E-state index contributed by atoms with van der Waals surface area (Å²) in [6.07, 6.45) is 8.86. The van der Waals surface area contributed by atoms with Crippen molar-refractivity contribution < 1.29 is 14.2 Å². The topological polar surface area (TPSA) is 67.4 Å². The molecule has 27 heavy (non-hydrogen) atoms. The van der Waals surface area contributed by atoms with Crippen molar-refractivity contribution in [3.63, 3.8) is 0 Å². The fraction of sp³-hybridized carbons (Fsp3) is 0.950. The largest absolute Gasteiger partial charge is 0.379 e. The Morgan fingerprint density at radius 3 is 2.63 bits per heavy atom. The van der Waals surface area contributed by atoms with Gasteiger partial charge in [0, 0.05) is 52.0 Å². The number of nitrogens with one attached hydrogen (secondary N) is 2. The lowest BCUT2D eigenvalue weighted by atomic mass is 9.80. The zero-order valence-electron chi connectivity index (χ0n) is 17.0. The number of nitrogens with zero attached hydrogens (tertiary/aromatic N) is 2. The number of ether oxygens (including phenoxy) is 3. The number of hydrogen-bond donors (Lipinski definition) is 2. The molecule has 2 aliphatic heterocycles. The predicted molar refractivity (Wildman–Crippen MR) is 107 cm³/mol. The maximum absolute atomic E-state index is 5.83. The molecule has 1 unspecified atom stereocenters. The van der Waals surface area contributed by atoms with E-state index in [0.29, 0.717) is 6.10 Å². The van der Waals surface area contributed by atoms with Crippen molar-refractivity contribution in [1.29, 1.82) is 0 Å². The van der Waals surface area contributed by atoms with E-state index in [0.717, 1.165) is 78.0 Å². The summed E-state index contributed by atoms with van der Waals surface area (Å²) in [5.41, 5.74) is 0.255. The van der Waals surface area contributed by atoms with Gasteiger partial charge in [-0.1, -0.05) is 19.3 Å². The van der Waals surface area contributed by atoms with E-state index in [-0.39, 0.29) is 5.54 Å². The lowest BCUT2D eigenvalue weighted by Gasteiger charge is -2.48. The first kappa shape index (κ1) is 20.8. The fourth-order valence-corrected chi connectivity index (χ4v) is 4.49. The molecule has 0 radical (unpaired) electrons. The summed E-state index contributed by atoms with van der Waals surface area (Å²) < 4.78 is 16.7. The predicted octanol–water partition coefficient (Wildman–Crippen LogP) is 1.38. The zero-order valence-corrected chi connectivity index (χ0v) is 17.0. The van der Waals surface area contributed by atoms with Gasteiger partial charge in [0.15, 0.2) is 5.96 Å². The Morgan fingerprint density at radius 2 is 1.93 bits per heavy atom. The first-order valence-corrected chi connectivity index (χ1v) is 10.8. The molecule has 7 nitrogen and oxygen atoms in total. The van der Waals surface area contributed by atoms with E-state index in [4.69, 9.17) is 14.2 Å². The van der Waals surface area contributed by atoms with Crippen molar-refractivity contribution in [3.8, 4) is 0 Å². The van der Waals surface area contributed by atoms with Crippen LogP contribution in [0.1, 0.15) is 44.9 Å². The van der Waals surface area contributed by atoms with Crippen LogP contribution in [0.4, 0.5) is 0 Å². The van der Waals surface area contributed by atoms with E-state index < -0.39 is 0 Å². The third kappa shape index (κ3) is 6.31. The van der Waals surface area contributed by atoms with Crippen LogP contribution in [-0.2, 0) is 14.2 Å². The van der Waals surface area contributed by atoms with Crippen LogP contribution in [0, 0.1) is 0 Å². The van der Waals surface area contributed by atoms with Gasteiger partial charge in [-0.15, -0.1) is 0 Å². The van der Waals surface area contributed by atoms with Gasteiger partial charge in [0.2, 0.25) is 0 Å². The molecule has 156 valence electrons. The first-order valence-electron chi connectivity index (χ1n) is 10.8. The number of hydrogen-bond acceptors (Lipinski definition) is 5.